The molecule has 2 nitrogen and oxygen atoms in total. The molecule has 2 heterocycles. The molecule has 2 aromatic rings. The number of fused-ring (bicyclic) bond motifs is 3. The van der Waals surface area contributed by atoms with Crippen LogP contribution in [0.3, 0.4) is 0 Å². The number of hydrogen-bond acceptors (Lipinski definition) is 3. The second kappa shape index (κ2) is 3.75. The third-order valence-corrected chi connectivity index (χ3v) is 4.58. The van der Waals surface area contributed by atoms with Crippen LogP contribution in [-0.2, 0) is 12.8 Å². The number of thiophene rings is 1. The van der Waals surface area contributed by atoms with Crippen molar-refractivity contribution in [2.45, 2.75) is 12.8 Å². The van der Waals surface area contributed by atoms with Crippen molar-refractivity contribution in [3.05, 3.63) is 28.6 Å². The van der Waals surface area contributed by atoms with Crippen LogP contribution in [-0.4, -0.2) is 30.1 Å². The predicted molar refractivity (Wildman–Crippen MR) is 68.4 cm³/mol. The van der Waals surface area contributed by atoms with Crippen LogP contribution >= 0.6 is 11.3 Å². The van der Waals surface area contributed by atoms with Gasteiger partial charge in [0.25, 0.3) is 0 Å². The van der Waals surface area contributed by atoms with Crippen LogP contribution in [0.25, 0.3) is 10.1 Å². The fourth-order valence-corrected chi connectivity index (χ4v) is 3.65. The summed E-state index contributed by atoms with van der Waals surface area (Å²) in [5.74, 6) is 0.376. The van der Waals surface area contributed by atoms with Gasteiger partial charge in [0.05, 0.1) is 0 Å². The van der Waals surface area contributed by atoms with E-state index in [-0.39, 0.29) is 0 Å². The largest absolute Gasteiger partial charge is 0.508 e. The van der Waals surface area contributed by atoms with E-state index in [9.17, 15) is 5.11 Å². The Morgan fingerprint density at radius 2 is 2.06 bits per heavy atom. The molecule has 1 aliphatic heterocycles. The van der Waals surface area contributed by atoms with Crippen LogP contribution in [0.5, 0.6) is 5.75 Å². The summed E-state index contributed by atoms with van der Waals surface area (Å²) in [6.45, 7) is 2.28. The van der Waals surface area contributed by atoms with Crippen molar-refractivity contribution in [2.75, 3.05) is 20.1 Å². The van der Waals surface area contributed by atoms with E-state index in [0.29, 0.717) is 5.75 Å². The maximum absolute atomic E-state index is 9.49. The molecule has 0 radical (unpaired) electrons. The first-order chi connectivity index (χ1) is 7.74. The van der Waals surface area contributed by atoms with Gasteiger partial charge in [0, 0.05) is 22.7 Å². The van der Waals surface area contributed by atoms with E-state index in [0.717, 1.165) is 25.9 Å². The van der Waals surface area contributed by atoms with Gasteiger partial charge in [-0.05, 0) is 49.0 Å². The Hall–Kier alpha value is -1.06. The predicted octanol–water partition coefficient (Wildman–Crippen LogP) is 2.64. The lowest BCUT2D eigenvalue weighted by molar-refractivity contribution is 0.353. The Morgan fingerprint density at radius 1 is 1.25 bits per heavy atom. The minimum atomic E-state index is 0.376. The van der Waals surface area contributed by atoms with Gasteiger partial charge < -0.3 is 10.0 Å². The number of benzene rings is 1. The molecule has 3 rings (SSSR count). The molecule has 1 N–H and O–H groups in total. The zero-order valence-corrected chi connectivity index (χ0v) is 10.2. The summed E-state index contributed by atoms with van der Waals surface area (Å²) in [7, 11) is 2.19. The van der Waals surface area contributed by atoms with E-state index in [1.54, 1.807) is 6.07 Å². The van der Waals surface area contributed by atoms with Gasteiger partial charge in [0.2, 0.25) is 0 Å². The quantitative estimate of drug-likeness (QED) is 0.756. The molecule has 1 aliphatic rings. The first-order valence-corrected chi connectivity index (χ1v) is 6.47. The number of aromatic hydroxyl groups is 1. The number of rotatable bonds is 0. The fourth-order valence-electron chi connectivity index (χ4n) is 2.37. The third kappa shape index (κ3) is 1.60. The van der Waals surface area contributed by atoms with Crippen molar-refractivity contribution in [3.63, 3.8) is 0 Å². The highest BCUT2D eigenvalue weighted by Gasteiger charge is 2.16. The number of hydrogen-bond donors (Lipinski definition) is 1. The smallest absolute Gasteiger partial charge is 0.117 e. The highest BCUT2D eigenvalue weighted by atomic mass is 32.1. The fraction of sp³-hybridized carbons (Fsp3) is 0.385. The van der Waals surface area contributed by atoms with Crippen LogP contribution in [0.1, 0.15) is 10.4 Å². The van der Waals surface area contributed by atoms with Gasteiger partial charge in [-0.25, -0.2) is 0 Å². The Kier molecular flexibility index (Phi) is 2.37. The lowest BCUT2D eigenvalue weighted by Crippen LogP contribution is -2.20. The third-order valence-electron chi connectivity index (χ3n) is 3.32. The highest BCUT2D eigenvalue weighted by molar-refractivity contribution is 7.19. The molecule has 0 aliphatic carbocycles. The summed E-state index contributed by atoms with van der Waals surface area (Å²) in [5, 5.41) is 10.8. The lowest BCUT2D eigenvalue weighted by atomic mass is 10.1. The Morgan fingerprint density at radius 3 is 2.94 bits per heavy atom. The van der Waals surface area contributed by atoms with Crippen molar-refractivity contribution in [2.24, 2.45) is 0 Å². The van der Waals surface area contributed by atoms with E-state index < -0.39 is 0 Å². The van der Waals surface area contributed by atoms with Crippen LogP contribution < -0.4 is 0 Å². The zero-order chi connectivity index (χ0) is 11.1. The molecule has 1 aromatic carbocycles. The molecular weight excluding hydrogens is 218 g/mol. The molecule has 0 unspecified atom stereocenters. The molecule has 1 aromatic heterocycles. The van der Waals surface area contributed by atoms with Crippen molar-refractivity contribution < 1.29 is 5.11 Å². The van der Waals surface area contributed by atoms with E-state index in [1.165, 1.54) is 20.5 Å². The highest BCUT2D eigenvalue weighted by Crippen LogP contribution is 2.35. The molecule has 3 heteroatoms. The van der Waals surface area contributed by atoms with Crippen LogP contribution in [0.4, 0.5) is 0 Å². The van der Waals surface area contributed by atoms with E-state index >= 15 is 0 Å². The monoisotopic (exact) mass is 233 g/mol. The van der Waals surface area contributed by atoms with Crippen molar-refractivity contribution in [1.82, 2.24) is 4.90 Å². The normalized spacial score (nSPS) is 17.3. The summed E-state index contributed by atoms with van der Waals surface area (Å²) >= 11 is 1.84. The van der Waals surface area contributed by atoms with Crippen molar-refractivity contribution >= 4 is 21.4 Å². The van der Waals surface area contributed by atoms with Gasteiger partial charge in [-0.2, -0.15) is 0 Å². The second-order valence-corrected chi connectivity index (χ2v) is 5.62. The molecule has 0 bridgehead atoms. The Balaban J connectivity index is 2.15. The standard InChI is InChI=1S/C13H15NOS/c1-14-6-4-11-10-3-2-9(15)8-13(10)16-12(11)5-7-14/h2-3,8,15H,4-7H2,1H3. The second-order valence-electron chi connectivity index (χ2n) is 4.49. The minimum absolute atomic E-state index is 0.376. The summed E-state index contributed by atoms with van der Waals surface area (Å²) in [6.07, 6.45) is 2.28. The van der Waals surface area contributed by atoms with E-state index in [4.69, 9.17) is 0 Å². The minimum Gasteiger partial charge on any atom is -0.508 e. The number of phenols is 1. The number of phenolic OH excluding ortho intramolecular Hbond substituents is 1. The summed E-state index contributed by atoms with van der Waals surface area (Å²) in [4.78, 5) is 3.89. The van der Waals surface area contributed by atoms with Crippen LogP contribution in [0.2, 0.25) is 0 Å². The molecule has 16 heavy (non-hydrogen) atoms. The van der Waals surface area contributed by atoms with Gasteiger partial charge in [-0.3, -0.25) is 0 Å². The Bertz CT molecular complexity index is 532. The summed E-state index contributed by atoms with van der Waals surface area (Å²) in [5.41, 5.74) is 1.50. The molecule has 0 amide bonds. The van der Waals surface area contributed by atoms with E-state index in [2.05, 4.69) is 18.0 Å². The topological polar surface area (TPSA) is 23.5 Å². The van der Waals surface area contributed by atoms with Gasteiger partial charge in [-0.15, -0.1) is 11.3 Å². The first kappa shape index (κ1) is 10.1. The Labute approximate surface area is 99.1 Å². The van der Waals surface area contributed by atoms with E-state index in [1.807, 2.05) is 17.4 Å². The van der Waals surface area contributed by atoms with Gasteiger partial charge >= 0.3 is 0 Å². The molecule has 0 atom stereocenters. The molecule has 0 saturated heterocycles. The molecular formula is C13H15NOS. The van der Waals surface area contributed by atoms with Gasteiger partial charge in [-0.1, -0.05) is 0 Å². The first-order valence-electron chi connectivity index (χ1n) is 5.66. The molecule has 0 saturated carbocycles. The van der Waals surface area contributed by atoms with Crippen LogP contribution in [0, 0.1) is 0 Å². The number of likely N-dealkylation sites (N-methyl/N-ethyl adjacent to an activating group) is 1. The zero-order valence-electron chi connectivity index (χ0n) is 9.36. The SMILES string of the molecule is CN1CCc2sc3cc(O)ccc3c2CC1. The maximum atomic E-state index is 9.49. The summed E-state index contributed by atoms with van der Waals surface area (Å²) < 4.78 is 1.23. The number of nitrogens with zero attached hydrogens (tertiary/aromatic N) is 1. The lowest BCUT2D eigenvalue weighted by Gasteiger charge is -2.11. The van der Waals surface area contributed by atoms with Gasteiger partial charge in [0.15, 0.2) is 0 Å². The molecule has 0 spiro atoms. The van der Waals surface area contributed by atoms with Gasteiger partial charge in [0.1, 0.15) is 5.75 Å². The average molecular weight is 233 g/mol. The van der Waals surface area contributed by atoms with Crippen molar-refractivity contribution in [3.8, 4) is 5.75 Å². The molecule has 84 valence electrons. The average Bonchev–Trinajstić information content (AvgIpc) is 2.50. The van der Waals surface area contributed by atoms with Crippen LogP contribution in [0.15, 0.2) is 18.2 Å². The maximum Gasteiger partial charge on any atom is 0.117 e. The summed E-state index contributed by atoms with van der Waals surface area (Å²) in [6, 6.07) is 5.74. The van der Waals surface area contributed by atoms with Crippen molar-refractivity contribution in [1.29, 1.82) is 0 Å². The molecule has 0 fully saturated rings.